The molecule has 4 aromatic carbocycles. The first-order chi connectivity index (χ1) is 11.8. The van der Waals surface area contributed by atoms with Gasteiger partial charge < -0.3 is 9.63 Å². The summed E-state index contributed by atoms with van der Waals surface area (Å²) in [5.41, 5.74) is 7.30. The van der Waals surface area contributed by atoms with E-state index in [0.717, 1.165) is 32.7 Å². The maximum absolute atomic E-state index is 10.6. The molecule has 3 N–H and O–H groups in total. The lowest BCUT2D eigenvalue weighted by molar-refractivity contribution is 0.478. The molecule has 0 aromatic heterocycles. The molecule has 118 valence electrons. The molecule has 0 radical (unpaired) electrons. The molecule has 4 heteroatoms. The number of aromatic hydroxyl groups is 1. The summed E-state index contributed by atoms with van der Waals surface area (Å²) in [6, 6.07) is 23.7. The number of fused-ring (bicyclic) bond motifs is 2. The summed E-state index contributed by atoms with van der Waals surface area (Å²) in [6.07, 6.45) is 0. The summed E-state index contributed by atoms with van der Waals surface area (Å²) >= 11 is 0. The maximum Gasteiger partial charge on any atom is 0.143 e. The summed E-state index contributed by atoms with van der Waals surface area (Å²) < 4.78 is 5.70. The van der Waals surface area contributed by atoms with Crippen molar-refractivity contribution in [2.45, 2.75) is 0 Å². The number of hydrogen-bond donors (Lipinski definition) is 2. The van der Waals surface area contributed by atoms with Gasteiger partial charge in [-0.15, -0.1) is 0 Å². The molecule has 0 aliphatic heterocycles. The van der Waals surface area contributed by atoms with Crippen LogP contribution in [0.1, 0.15) is 0 Å². The molecule has 0 saturated heterocycles. The lowest BCUT2D eigenvalue weighted by Gasteiger charge is -2.16. The lowest BCUT2D eigenvalue weighted by atomic mass is 9.92. The van der Waals surface area contributed by atoms with Crippen LogP contribution in [0.4, 0.5) is 0 Å². The fourth-order valence-corrected chi connectivity index (χ4v) is 3.48. The summed E-state index contributed by atoms with van der Waals surface area (Å²) in [6.45, 7) is 0. The maximum atomic E-state index is 10.6. The number of hydrogen-bond acceptors (Lipinski definition) is 3. The third-order valence-corrected chi connectivity index (χ3v) is 4.55. The molecule has 0 bridgehead atoms. The topological polar surface area (TPSA) is 55.5 Å². The van der Waals surface area contributed by atoms with Crippen LogP contribution in [0, 0.1) is 0 Å². The Morgan fingerprint density at radius 2 is 1.29 bits per heavy atom. The van der Waals surface area contributed by atoms with E-state index in [4.69, 9.17) is 10.0 Å². The lowest BCUT2D eigenvalue weighted by Crippen LogP contribution is -1.91. The molecule has 0 aliphatic carbocycles. The molecule has 3 nitrogen and oxygen atoms in total. The van der Waals surface area contributed by atoms with Gasteiger partial charge in [0.1, 0.15) is 20.5 Å². The van der Waals surface area contributed by atoms with Crippen LogP contribution in [0.25, 0.3) is 32.7 Å². The van der Waals surface area contributed by atoms with Crippen molar-refractivity contribution in [3.05, 3.63) is 72.8 Å². The van der Waals surface area contributed by atoms with Crippen molar-refractivity contribution in [3.8, 4) is 22.6 Å². The fourth-order valence-electron chi connectivity index (χ4n) is 3.18. The number of phenolic OH excluding ortho intramolecular Hbond substituents is 1. The Balaban J connectivity index is 2.17. The molecule has 0 saturated carbocycles. The van der Waals surface area contributed by atoms with Gasteiger partial charge in [-0.05, 0) is 33.7 Å². The van der Waals surface area contributed by atoms with E-state index < -0.39 is 0 Å². The monoisotopic (exact) mass is 333 g/mol. The van der Waals surface area contributed by atoms with E-state index in [-0.39, 0.29) is 14.7 Å². The van der Waals surface area contributed by atoms with E-state index in [1.165, 1.54) is 0 Å². The number of rotatable bonds is 3. The predicted octanol–water partition coefficient (Wildman–Crippen LogP) is 5.21. The first-order valence-corrected chi connectivity index (χ1v) is 8.63. The molecule has 0 aliphatic rings. The van der Waals surface area contributed by atoms with Crippen LogP contribution < -0.4 is 10.0 Å². The molecular formula is C20H16NO2P. The number of nitrogens with two attached hydrogens (primary N) is 1. The molecule has 4 rings (SSSR count). The van der Waals surface area contributed by atoms with Crippen LogP contribution in [0.5, 0.6) is 11.5 Å². The predicted molar refractivity (Wildman–Crippen MR) is 102 cm³/mol. The van der Waals surface area contributed by atoms with E-state index >= 15 is 0 Å². The summed E-state index contributed by atoms with van der Waals surface area (Å²) in [7, 11) is -0.160. The number of benzene rings is 4. The minimum Gasteiger partial charge on any atom is -0.507 e. The van der Waals surface area contributed by atoms with Crippen LogP contribution in [-0.2, 0) is 0 Å². The second-order valence-electron chi connectivity index (χ2n) is 5.56. The smallest absolute Gasteiger partial charge is 0.143 e. The Hall–Kier alpha value is -2.61. The zero-order valence-electron chi connectivity index (χ0n) is 12.9. The molecule has 1 unspecified atom stereocenters. The Morgan fingerprint density at radius 3 is 1.96 bits per heavy atom. The summed E-state index contributed by atoms with van der Waals surface area (Å²) in [5.74, 6) is 0.913. The van der Waals surface area contributed by atoms with Crippen LogP contribution in [-0.4, -0.2) is 5.11 Å². The van der Waals surface area contributed by atoms with E-state index in [0.29, 0.717) is 5.75 Å². The Labute approximate surface area is 141 Å². The van der Waals surface area contributed by atoms with Crippen molar-refractivity contribution in [2.24, 2.45) is 5.50 Å². The van der Waals surface area contributed by atoms with E-state index in [1.807, 2.05) is 60.7 Å². The van der Waals surface area contributed by atoms with E-state index in [1.54, 1.807) is 6.07 Å². The third-order valence-electron chi connectivity index (χ3n) is 4.22. The molecule has 24 heavy (non-hydrogen) atoms. The molecule has 4 aromatic rings. The average Bonchev–Trinajstić information content (AvgIpc) is 2.62. The summed E-state index contributed by atoms with van der Waals surface area (Å²) in [4.78, 5) is 0. The molecule has 0 fully saturated rings. The average molecular weight is 333 g/mol. The Kier molecular flexibility index (Phi) is 3.81. The van der Waals surface area contributed by atoms with Gasteiger partial charge in [0.05, 0.1) is 0 Å². The first-order valence-electron chi connectivity index (χ1n) is 7.65. The third kappa shape index (κ3) is 2.39. The normalized spacial score (nSPS) is 11.5. The second kappa shape index (κ2) is 6.12. The zero-order chi connectivity index (χ0) is 16.5. The molecular weight excluding hydrogens is 317 g/mol. The van der Waals surface area contributed by atoms with Crippen molar-refractivity contribution < 1.29 is 9.63 Å². The molecule has 0 heterocycles. The van der Waals surface area contributed by atoms with Gasteiger partial charge in [0.15, 0.2) is 0 Å². The van der Waals surface area contributed by atoms with Crippen LogP contribution >= 0.6 is 8.96 Å². The van der Waals surface area contributed by atoms with Crippen molar-refractivity contribution in [3.63, 3.8) is 0 Å². The van der Waals surface area contributed by atoms with Gasteiger partial charge in [-0.1, -0.05) is 60.7 Å². The van der Waals surface area contributed by atoms with Crippen molar-refractivity contribution >= 4 is 30.5 Å². The summed E-state index contributed by atoms with van der Waals surface area (Å²) in [5, 5.41) is 14.8. The minimum absolute atomic E-state index is 0.160. The Bertz CT molecular complexity index is 1050. The molecule has 1 atom stereocenters. The van der Waals surface area contributed by atoms with E-state index in [2.05, 4.69) is 6.07 Å². The van der Waals surface area contributed by atoms with Crippen molar-refractivity contribution in [2.75, 3.05) is 0 Å². The highest BCUT2D eigenvalue weighted by atomic mass is 31.1. The van der Waals surface area contributed by atoms with E-state index in [9.17, 15) is 5.11 Å². The minimum atomic E-state index is -0.160. The number of phenols is 1. The van der Waals surface area contributed by atoms with Gasteiger partial charge in [-0.3, -0.25) is 5.50 Å². The fraction of sp³-hybridized carbons (Fsp3) is 0. The van der Waals surface area contributed by atoms with Gasteiger partial charge in [0.2, 0.25) is 0 Å². The van der Waals surface area contributed by atoms with Gasteiger partial charge in [-0.25, -0.2) is 0 Å². The SMILES string of the molecule is NPOc1ccc2ccccc2c1-c1c(O)ccc2ccccc12. The zero-order valence-corrected chi connectivity index (χ0v) is 13.9. The Morgan fingerprint density at radius 1 is 0.708 bits per heavy atom. The highest BCUT2D eigenvalue weighted by Gasteiger charge is 2.17. The first kappa shape index (κ1) is 14.9. The quantitative estimate of drug-likeness (QED) is 0.506. The van der Waals surface area contributed by atoms with Crippen molar-refractivity contribution in [1.29, 1.82) is 0 Å². The standard InChI is InChI=1S/C20H16NO2P/c21-24-23-18-12-10-14-6-2-4-8-16(14)20(18)19-15-7-3-1-5-13(15)9-11-17(19)22/h1-12,22,24H,21H2. The van der Waals surface area contributed by atoms with Gasteiger partial charge in [-0.2, -0.15) is 0 Å². The second-order valence-corrected chi connectivity index (χ2v) is 6.00. The van der Waals surface area contributed by atoms with Gasteiger partial charge in [0.25, 0.3) is 0 Å². The van der Waals surface area contributed by atoms with Crippen LogP contribution in [0.2, 0.25) is 0 Å². The van der Waals surface area contributed by atoms with Crippen LogP contribution in [0.3, 0.4) is 0 Å². The van der Waals surface area contributed by atoms with Gasteiger partial charge in [0, 0.05) is 11.1 Å². The van der Waals surface area contributed by atoms with Gasteiger partial charge >= 0.3 is 0 Å². The molecule has 0 amide bonds. The van der Waals surface area contributed by atoms with Crippen LogP contribution in [0.15, 0.2) is 72.8 Å². The molecule has 0 spiro atoms. The highest BCUT2D eigenvalue weighted by Crippen LogP contribution is 2.45. The van der Waals surface area contributed by atoms with Crippen molar-refractivity contribution in [1.82, 2.24) is 0 Å². The highest BCUT2D eigenvalue weighted by molar-refractivity contribution is 7.29. The largest absolute Gasteiger partial charge is 0.507 e.